The molecular weight excluding hydrogens is 273 g/mol. The molecule has 1 fully saturated rings. The molecule has 6 heteroatoms. The molecule has 0 aliphatic carbocycles. The van der Waals surface area contributed by atoms with Crippen molar-refractivity contribution in [1.29, 1.82) is 0 Å². The summed E-state index contributed by atoms with van der Waals surface area (Å²) < 4.78 is 18.4. The average molecular weight is 295 g/mol. The van der Waals surface area contributed by atoms with Gasteiger partial charge in [0.25, 0.3) is 0 Å². The van der Waals surface area contributed by atoms with Crippen molar-refractivity contribution in [1.82, 2.24) is 4.90 Å². The molecule has 2 N–H and O–H groups in total. The fraction of sp³-hybridized carbons (Fsp3) is 0.533. The lowest BCUT2D eigenvalue weighted by molar-refractivity contribution is 0.105. The van der Waals surface area contributed by atoms with Gasteiger partial charge in [0.15, 0.2) is 0 Å². The normalized spacial score (nSPS) is 16.8. The Kier molecular flexibility index (Phi) is 5.01. The number of anilines is 1. The van der Waals surface area contributed by atoms with Crippen molar-refractivity contribution < 1.29 is 13.9 Å². The number of piperazine rings is 1. The highest BCUT2D eigenvalue weighted by Crippen LogP contribution is 2.27. The first kappa shape index (κ1) is 15.6. The Morgan fingerprint density at radius 3 is 2.62 bits per heavy atom. The Labute approximate surface area is 124 Å². The van der Waals surface area contributed by atoms with E-state index >= 15 is 0 Å². The van der Waals surface area contributed by atoms with E-state index in [1.807, 2.05) is 6.92 Å². The number of rotatable bonds is 3. The lowest BCUT2D eigenvalue weighted by Gasteiger charge is -2.36. The van der Waals surface area contributed by atoms with Gasteiger partial charge >= 0.3 is 6.09 Å². The molecule has 0 unspecified atom stereocenters. The molecule has 1 heterocycles. The molecule has 1 aromatic carbocycles. The van der Waals surface area contributed by atoms with Crippen LogP contribution in [-0.2, 0) is 4.74 Å². The summed E-state index contributed by atoms with van der Waals surface area (Å²) in [5.74, 6) is -0.281. The fourth-order valence-corrected chi connectivity index (χ4v) is 2.52. The minimum Gasteiger partial charge on any atom is -0.450 e. The fourth-order valence-electron chi connectivity index (χ4n) is 2.52. The van der Waals surface area contributed by atoms with Crippen LogP contribution in [-0.4, -0.2) is 43.8 Å². The van der Waals surface area contributed by atoms with Gasteiger partial charge in [-0.05, 0) is 37.6 Å². The SMILES string of the molecule is CCOC(=O)N1CCN(c2ccc(F)cc2[C@@H](C)N)CC1. The van der Waals surface area contributed by atoms with E-state index in [9.17, 15) is 9.18 Å². The number of hydrogen-bond acceptors (Lipinski definition) is 4. The molecule has 1 saturated heterocycles. The van der Waals surface area contributed by atoms with Gasteiger partial charge in [0.1, 0.15) is 5.82 Å². The number of carbonyl (C=O) groups is 1. The van der Waals surface area contributed by atoms with Gasteiger partial charge in [0.05, 0.1) is 6.61 Å². The van der Waals surface area contributed by atoms with E-state index in [0.29, 0.717) is 32.8 Å². The standard InChI is InChI=1S/C15H22FN3O2/c1-3-21-15(20)19-8-6-18(7-9-19)14-5-4-12(16)10-13(14)11(2)17/h4-5,10-11H,3,6-9,17H2,1-2H3/t11-/m1/s1. The number of carbonyl (C=O) groups excluding carboxylic acids is 1. The summed E-state index contributed by atoms with van der Waals surface area (Å²) in [7, 11) is 0. The van der Waals surface area contributed by atoms with E-state index in [1.54, 1.807) is 17.9 Å². The summed E-state index contributed by atoms with van der Waals surface area (Å²) in [5, 5.41) is 0. The van der Waals surface area contributed by atoms with Crippen molar-refractivity contribution in [3.63, 3.8) is 0 Å². The minimum absolute atomic E-state index is 0.237. The predicted molar refractivity (Wildman–Crippen MR) is 79.8 cm³/mol. The van der Waals surface area contributed by atoms with E-state index in [1.165, 1.54) is 12.1 Å². The summed E-state index contributed by atoms with van der Waals surface area (Å²) in [6.07, 6.45) is -0.274. The second-order valence-corrected chi connectivity index (χ2v) is 5.16. The molecule has 5 nitrogen and oxygen atoms in total. The van der Waals surface area contributed by atoms with Crippen LogP contribution in [0.25, 0.3) is 0 Å². The first-order valence-corrected chi connectivity index (χ1v) is 7.24. The van der Waals surface area contributed by atoms with Crippen LogP contribution in [0.4, 0.5) is 14.9 Å². The zero-order valence-electron chi connectivity index (χ0n) is 12.5. The van der Waals surface area contributed by atoms with Crippen LogP contribution in [0.3, 0.4) is 0 Å². The predicted octanol–water partition coefficient (Wildman–Crippen LogP) is 2.12. The quantitative estimate of drug-likeness (QED) is 0.928. The van der Waals surface area contributed by atoms with Crippen molar-refractivity contribution in [2.75, 3.05) is 37.7 Å². The van der Waals surface area contributed by atoms with Gasteiger partial charge in [-0.2, -0.15) is 0 Å². The largest absolute Gasteiger partial charge is 0.450 e. The van der Waals surface area contributed by atoms with Gasteiger partial charge in [-0.25, -0.2) is 9.18 Å². The van der Waals surface area contributed by atoms with E-state index in [-0.39, 0.29) is 18.0 Å². The van der Waals surface area contributed by atoms with Gasteiger partial charge in [-0.15, -0.1) is 0 Å². The molecule has 116 valence electrons. The monoisotopic (exact) mass is 295 g/mol. The molecule has 1 aromatic rings. The van der Waals surface area contributed by atoms with E-state index < -0.39 is 0 Å². The number of nitrogens with two attached hydrogens (primary N) is 1. The summed E-state index contributed by atoms with van der Waals surface area (Å²) in [4.78, 5) is 15.5. The number of benzene rings is 1. The third kappa shape index (κ3) is 3.64. The van der Waals surface area contributed by atoms with Crippen LogP contribution >= 0.6 is 0 Å². The van der Waals surface area contributed by atoms with Gasteiger partial charge in [-0.3, -0.25) is 0 Å². The first-order valence-electron chi connectivity index (χ1n) is 7.24. The Balaban J connectivity index is 2.07. The Morgan fingerprint density at radius 2 is 2.05 bits per heavy atom. The van der Waals surface area contributed by atoms with E-state index in [4.69, 9.17) is 10.5 Å². The highest BCUT2D eigenvalue weighted by Gasteiger charge is 2.24. The third-order valence-electron chi connectivity index (χ3n) is 3.63. The zero-order chi connectivity index (χ0) is 15.4. The molecule has 0 saturated carbocycles. The van der Waals surface area contributed by atoms with Gasteiger partial charge in [0, 0.05) is 37.9 Å². The van der Waals surface area contributed by atoms with Crippen molar-refractivity contribution >= 4 is 11.8 Å². The number of ether oxygens (including phenoxy) is 1. The maximum absolute atomic E-state index is 13.4. The van der Waals surface area contributed by atoms with Crippen molar-refractivity contribution in [2.24, 2.45) is 5.73 Å². The molecule has 0 aromatic heterocycles. The molecule has 21 heavy (non-hydrogen) atoms. The van der Waals surface area contributed by atoms with Crippen molar-refractivity contribution in [2.45, 2.75) is 19.9 Å². The van der Waals surface area contributed by atoms with Crippen LogP contribution < -0.4 is 10.6 Å². The second-order valence-electron chi connectivity index (χ2n) is 5.16. The Bertz CT molecular complexity index is 500. The zero-order valence-corrected chi connectivity index (χ0v) is 12.5. The molecular formula is C15H22FN3O2. The number of hydrogen-bond donors (Lipinski definition) is 1. The average Bonchev–Trinajstić information content (AvgIpc) is 2.47. The van der Waals surface area contributed by atoms with Gasteiger partial charge < -0.3 is 20.3 Å². The Hall–Kier alpha value is -1.82. The van der Waals surface area contributed by atoms with Crippen LogP contribution in [0.15, 0.2) is 18.2 Å². The molecule has 1 amide bonds. The van der Waals surface area contributed by atoms with Crippen molar-refractivity contribution in [3.8, 4) is 0 Å². The first-order chi connectivity index (χ1) is 10.0. The topological polar surface area (TPSA) is 58.8 Å². The van der Waals surface area contributed by atoms with E-state index in [0.717, 1.165) is 11.3 Å². The summed E-state index contributed by atoms with van der Waals surface area (Å²) in [6, 6.07) is 4.45. The molecule has 0 spiro atoms. The van der Waals surface area contributed by atoms with Crippen LogP contribution in [0.5, 0.6) is 0 Å². The molecule has 1 aliphatic rings. The van der Waals surface area contributed by atoms with E-state index in [2.05, 4.69) is 4.90 Å². The van der Waals surface area contributed by atoms with Crippen molar-refractivity contribution in [3.05, 3.63) is 29.6 Å². The van der Waals surface area contributed by atoms with Crippen LogP contribution in [0.1, 0.15) is 25.5 Å². The third-order valence-corrected chi connectivity index (χ3v) is 3.63. The number of halogens is 1. The highest BCUT2D eigenvalue weighted by atomic mass is 19.1. The number of amides is 1. The smallest absolute Gasteiger partial charge is 0.409 e. The second kappa shape index (κ2) is 6.76. The molecule has 1 aliphatic heterocycles. The maximum Gasteiger partial charge on any atom is 0.409 e. The molecule has 0 bridgehead atoms. The maximum atomic E-state index is 13.4. The summed E-state index contributed by atoms with van der Waals surface area (Å²) in [5.41, 5.74) is 7.66. The number of nitrogens with zero attached hydrogens (tertiary/aromatic N) is 2. The Morgan fingerprint density at radius 1 is 1.38 bits per heavy atom. The summed E-state index contributed by atoms with van der Waals surface area (Å²) in [6.45, 7) is 6.57. The lowest BCUT2D eigenvalue weighted by Crippen LogP contribution is -2.49. The van der Waals surface area contributed by atoms with Gasteiger partial charge in [-0.1, -0.05) is 0 Å². The minimum atomic E-state index is -0.281. The van der Waals surface area contributed by atoms with Crippen LogP contribution in [0, 0.1) is 5.82 Å². The van der Waals surface area contributed by atoms with Crippen LogP contribution in [0.2, 0.25) is 0 Å². The van der Waals surface area contributed by atoms with Gasteiger partial charge in [0.2, 0.25) is 0 Å². The molecule has 0 radical (unpaired) electrons. The highest BCUT2D eigenvalue weighted by molar-refractivity contribution is 5.68. The molecule has 1 atom stereocenters. The molecule has 2 rings (SSSR count). The lowest BCUT2D eigenvalue weighted by atomic mass is 10.0. The summed E-state index contributed by atoms with van der Waals surface area (Å²) >= 11 is 0.